The van der Waals surface area contributed by atoms with Crippen molar-refractivity contribution < 1.29 is 14.0 Å². The summed E-state index contributed by atoms with van der Waals surface area (Å²) in [5, 5.41) is 5.57. The lowest BCUT2D eigenvalue weighted by Crippen LogP contribution is -2.18. The molecular weight excluding hydrogens is 304 g/mol. The average molecular weight is 320 g/mol. The van der Waals surface area contributed by atoms with Gasteiger partial charge in [-0.3, -0.25) is 9.59 Å². The predicted molar refractivity (Wildman–Crippen MR) is 92.2 cm³/mol. The molecule has 0 aliphatic rings. The Bertz CT molecular complexity index is 870. The molecule has 0 fully saturated rings. The van der Waals surface area contributed by atoms with Crippen LogP contribution in [-0.4, -0.2) is 11.8 Å². The van der Waals surface area contributed by atoms with Crippen LogP contribution in [0.25, 0.3) is 0 Å². The molecular formula is C19H16N2O3. The Labute approximate surface area is 139 Å². The number of anilines is 2. The van der Waals surface area contributed by atoms with Crippen LogP contribution < -0.4 is 10.6 Å². The number of para-hydroxylation sites is 1. The van der Waals surface area contributed by atoms with E-state index in [9.17, 15) is 9.59 Å². The molecule has 1 heterocycles. The molecule has 0 unspecified atom stereocenters. The van der Waals surface area contributed by atoms with E-state index in [1.807, 2.05) is 31.2 Å². The van der Waals surface area contributed by atoms with Gasteiger partial charge in [0.2, 0.25) is 0 Å². The Morgan fingerprint density at radius 1 is 0.917 bits per heavy atom. The van der Waals surface area contributed by atoms with Crippen molar-refractivity contribution in [3.8, 4) is 0 Å². The van der Waals surface area contributed by atoms with Crippen LogP contribution in [-0.2, 0) is 0 Å². The first kappa shape index (κ1) is 15.6. The number of rotatable bonds is 4. The highest BCUT2D eigenvalue weighted by Crippen LogP contribution is 2.19. The molecule has 24 heavy (non-hydrogen) atoms. The van der Waals surface area contributed by atoms with E-state index in [-0.39, 0.29) is 11.8 Å². The number of carbonyl (C=O) groups excluding carboxylic acids is 2. The number of benzene rings is 2. The molecule has 0 bridgehead atoms. The van der Waals surface area contributed by atoms with Crippen LogP contribution in [0, 0.1) is 6.92 Å². The minimum Gasteiger partial charge on any atom is -0.472 e. The Balaban J connectivity index is 1.80. The van der Waals surface area contributed by atoms with Crippen LogP contribution in [0.3, 0.4) is 0 Å². The molecule has 0 spiro atoms. The molecule has 3 aromatic rings. The zero-order valence-electron chi connectivity index (χ0n) is 13.1. The third-order valence-corrected chi connectivity index (χ3v) is 3.48. The van der Waals surface area contributed by atoms with Crippen molar-refractivity contribution in [1.29, 1.82) is 0 Å². The summed E-state index contributed by atoms with van der Waals surface area (Å²) >= 11 is 0. The van der Waals surface area contributed by atoms with Crippen LogP contribution in [0.4, 0.5) is 11.4 Å². The average Bonchev–Trinajstić information content (AvgIpc) is 3.10. The highest BCUT2D eigenvalue weighted by atomic mass is 16.3. The maximum atomic E-state index is 12.5. The van der Waals surface area contributed by atoms with E-state index in [0.29, 0.717) is 22.5 Å². The molecule has 2 N–H and O–H groups in total. The van der Waals surface area contributed by atoms with Gasteiger partial charge in [0.05, 0.1) is 23.1 Å². The lowest BCUT2D eigenvalue weighted by molar-refractivity contribution is 0.102. The summed E-state index contributed by atoms with van der Waals surface area (Å²) in [6.45, 7) is 1.95. The number of nitrogens with one attached hydrogen (secondary N) is 2. The summed E-state index contributed by atoms with van der Waals surface area (Å²) in [6, 6.07) is 15.9. The first-order chi connectivity index (χ1) is 11.6. The zero-order valence-corrected chi connectivity index (χ0v) is 13.1. The van der Waals surface area contributed by atoms with Crippen molar-refractivity contribution in [2.75, 3.05) is 10.6 Å². The molecule has 0 aliphatic carbocycles. The number of hydrogen-bond donors (Lipinski definition) is 2. The Morgan fingerprint density at radius 2 is 1.75 bits per heavy atom. The van der Waals surface area contributed by atoms with Gasteiger partial charge in [-0.05, 0) is 42.8 Å². The maximum Gasteiger partial charge on any atom is 0.258 e. The lowest BCUT2D eigenvalue weighted by atomic mass is 10.1. The molecule has 3 rings (SSSR count). The van der Waals surface area contributed by atoms with E-state index in [4.69, 9.17) is 4.42 Å². The van der Waals surface area contributed by atoms with Gasteiger partial charge in [-0.1, -0.05) is 24.3 Å². The molecule has 5 heteroatoms. The fourth-order valence-electron chi connectivity index (χ4n) is 2.30. The third kappa shape index (κ3) is 3.52. The fraction of sp³-hybridized carbons (Fsp3) is 0.0526. The van der Waals surface area contributed by atoms with E-state index in [1.54, 1.807) is 30.3 Å². The minimum absolute atomic E-state index is 0.288. The van der Waals surface area contributed by atoms with Gasteiger partial charge in [0, 0.05) is 5.69 Å². The van der Waals surface area contributed by atoms with Crippen LogP contribution in [0.1, 0.15) is 26.3 Å². The third-order valence-electron chi connectivity index (χ3n) is 3.48. The molecule has 2 amide bonds. The van der Waals surface area contributed by atoms with Crippen LogP contribution in [0.2, 0.25) is 0 Å². The molecule has 0 aliphatic heterocycles. The number of aryl methyl sites for hydroxylation is 1. The Kier molecular flexibility index (Phi) is 4.43. The van der Waals surface area contributed by atoms with Gasteiger partial charge in [0.1, 0.15) is 6.26 Å². The number of furan rings is 1. The highest BCUT2D eigenvalue weighted by Gasteiger charge is 2.14. The van der Waals surface area contributed by atoms with Crippen LogP contribution in [0.15, 0.2) is 71.5 Å². The molecule has 5 nitrogen and oxygen atoms in total. The van der Waals surface area contributed by atoms with E-state index >= 15 is 0 Å². The van der Waals surface area contributed by atoms with Crippen molar-refractivity contribution in [2.24, 2.45) is 0 Å². The van der Waals surface area contributed by atoms with Crippen LogP contribution >= 0.6 is 0 Å². The van der Waals surface area contributed by atoms with Crippen molar-refractivity contribution in [2.45, 2.75) is 6.92 Å². The quantitative estimate of drug-likeness (QED) is 0.760. The first-order valence-electron chi connectivity index (χ1n) is 7.44. The smallest absolute Gasteiger partial charge is 0.258 e. The van der Waals surface area contributed by atoms with Crippen LogP contribution in [0.5, 0.6) is 0 Å². The van der Waals surface area contributed by atoms with Gasteiger partial charge >= 0.3 is 0 Å². The summed E-state index contributed by atoms with van der Waals surface area (Å²) in [5.74, 6) is -0.622. The molecule has 0 atom stereocenters. The Morgan fingerprint density at radius 3 is 2.50 bits per heavy atom. The topological polar surface area (TPSA) is 71.3 Å². The fourth-order valence-corrected chi connectivity index (χ4v) is 2.30. The summed E-state index contributed by atoms with van der Waals surface area (Å²) < 4.78 is 4.90. The summed E-state index contributed by atoms with van der Waals surface area (Å²) in [4.78, 5) is 24.7. The molecule has 0 saturated heterocycles. The van der Waals surface area contributed by atoms with Crippen molar-refractivity contribution in [1.82, 2.24) is 0 Å². The van der Waals surface area contributed by atoms with Crippen molar-refractivity contribution in [3.63, 3.8) is 0 Å². The molecule has 1 aromatic heterocycles. The monoisotopic (exact) mass is 320 g/mol. The standard InChI is InChI=1S/C19H16N2O3/c1-13-5-4-6-15(11-13)20-19(23)16-7-2-3-8-17(16)21-18(22)14-9-10-24-12-14/h2-12H,1H3,(H,20,23)(H,21,22). The minimum atomic E-state index is -0.334. The van der Waals surface area contributed by atoms with E-state index in [0.717, 1.165) is 5.56 Å². The first-order valence-corrected chi connectivity index (χ1v) is 7.44. The Hall–Kier alpha value is -3.34. The molecule has 2 aromatic carbocycles. The number of hydrogen-bond acceptors (Lipinski definition) is 3. The van der Waals surface area contributed by atoms with Gasteiger partial charge in [-0.25, -0.2) is 0 Å². The second-order valence-electron chi connectivity index (χ2n) is 5.34. The summed E-state index contributed by atoms with van der Waals surface area (Å²) in [7, 11) is 0. The van der Waals surface area contributed by atoms with Gasteiger partial charge < -0.3 is 15.1 Å². The molecule has 0 saturated carbocycles. The largest absolute Gasteiger partial charge is 0.472 e. The van der Waals surface area contributed by atoms with Gasteiger partial charge in [-0.2, -0.15) is 0 Å². The summed E-state index contributed by atoms with van der Waals surface area (Å²) in [6.07, 6.45) is 2.77. The molecule has 0 radical (unpaired) electrons. The predicted octanol–water partition coefficient (Wildman–Crippen LogP) is 4.09. The normalized spacial score (nSPS) is 10.2. The van der Waals surface area contributed by atoms with E-state index in [2.05, 4.69) is 10.6 Å². The highest BCUT2D eigenvalue weighted by molar-refractivity contribution is 6.12. The van der Waals surface area contributed by atoms with Gasteiger partial charge in [0.25, 0.3) is 11.8 Å². The number of carbonyl (C=O) groups is 2. The maximum absolute atomic E-state index is 12.5. The SMILES string of the molecule is Cc1cccc(NC(=O)c2ccccc2NC(=O)c2ccoc2)c1. The zero-order chi connectivity index (χ0) is 16.9. The second-order valence-corrected chi connectivity index (χ2v) is 5.34. The van der Waals surface area contributed by atoms with Gasteiger partial charge in [-0.15, -0.1) is 0 Å². The molecule has 120 valence electrons. The van der Waals surface area contributed by atoms with E-state index in [1.165, 1.54) is 12.5 Å². The van der Waals surface area contributed by atoms with Crippen molar-refractivity contribution in [3.05, 3.63) is 83.8 Å². The summed E-state index contributed by atoms with van der Waals surface area (Å²) in [5.41, 5.74) is 2.97. The van der Waals surface area contributed by atoms with E-state index < -0.39 is 0 Å². The lowest BCUT2D eigenvalue weighted by Gasteiger charge is -2.11. The second kappa shape index (κ2) is 6.83. The number of amides is 2. The van der Waals surface area contributed by atoms with Crippen molar-refractivity contribution >= 4 is 23.2 Å². The van der Waals surface area contributed by atoms with Gasteiger partial charge in [0.15, 0.2) is 0 Å².